The normalized spacial score (nSPS) is 15.4. The highest BCUT2D eigenvalue weighted by atomic mass is 35.5. The quantitative estimate of drug-likeness (QED) is 0.561. The molecule has 2 N–H and O–H groups in total. The van der Waals surface area contributed by atoms with Gasteiger partial charge in [0.15, 0.2) is 5.82 Å². The Kier molecular flexibility index (Phi) is 4.59. The van der Waals surface area contributed by atoms with Gasteiger partial charge in [-0.1, -0.05) is 23.8 Å². The first-order chi connectivity index (χ1) is 13.6. The number of fused-ring (bicyclic) bond motifs is 1. The monoisotopic (exact) mass is 412 g/mol. The predicted octanol–water partition coefficient (Wildman–Crippen LogP) is 5.23. The van der Waals surface area contributed by atoms with Gasteiger partial charge in [0.25, 0.3) is 0 Å². The Balaban J connectivity index is 1.83. The lowest BCUT2D eigenvalue weighted by Crippen LogP contribution is -2.22. The molecule has 1 saturated carbocycles. The van der Waals surface area contributed by atoms with Crippen molar-refractivity contribution >= 4 is 28.2 Å². The average molecular weight is 413 g/mol. The molecule has 0 spiro atoms. The number of benzene rings is 1. The molecule has 1 aliphatic rings. The molecule has 1 aromatic carbocycles. The van der Waals surface area contributed by atoms with Crippen LogP contribution >= 0.6 is 11.6 Å². The molecule has 4 rings (SSSR count). The molecule has 1 aliphatic carbocycles. The summed E-state index contributed by atoms with van der Waals surface area (Å²) < 4.78 is 14.8. The number of hydrogen-bond donors (Lipinski definition) is 2. The second-order valence-electron chi connectivity index (χ2n) is 8.17. The summed E-state index contributed by atoms with van der Waals surface area (Å²) in [6.45, 7) is 9.27. The highest BCUT2D eigenvalue weighted by Gasteiger charge is 2.44. The third-order valence-corrected chi connectivity index (χ3v) is 5.64. The lowest BCUT2D eigenvalue weighted by atomic mass is 10.0. The number of nitrogens with zero attached hydrogens (tertiary/aromatic N) is 3. The third kappa shape index (κ3) is 3.58. The number of nitrogens with one attached hydrogen (secondary N) is 1. The van der Waals surface area contributed by atoms with Crippen LogP contribution in [0.3, 0.4) is 0 Å². The van der Waals surface area contributed by atoms with Gasteiger partial charge < -0.3 is 10.4 Å². The number of aromatic nitrogens is 3. The van der Waals surface area contributed by atoms with Gasteiger partial charge in [0, 0.05) is 41.2 Å². The van der Waals surface area contributed by atoms with Crippen LogP contribution in [0.2, 0.25) is 5.02 Å². The Labute approximate surface area is 173 Å². The zero-order chi connectivity index (χ0) is 21.0. The van der Waals surface area contributed by atoms with Crippen molar-refractivity contribution in [2.75, 3.05) is 5.32 Å². The summed E-state index contributed by atoms with van der Waals surface area (Å²) in [5.74, 6) is -0.162. The number of hydrogen-bond acceptors (Lipinski definition) is 5. The number of aliphatic hydroxyl groups is 1. The Morgan fingerprint density at radius 1 is 1.21 bits per heavy atom. The second-order valence-corrected chi connectivity index (χ2v) is 8.58. The molecule has 29 heavy (non-hydrogen) atoms. The van der Waals surface area contributed by atoms with Gasteiger partial charge in [-0.15, -0.1) is 0 Å². The van der Waals surface area contributed by atoms with Crippen molar-refractivity contribution in [1.29, 1.82) is 0 Å². The number of halogens is 2. The Bertz CT molecular complexity index is 1120. The van der Waals surface area contributed by atoms with Gasteiger partial charge >= 0.3 is 0 Å². The van der Waals surface area contributed by atoms with Crippen LogP contribution < -0.4 is 5.32 Å². The Hall–Kier alpha value is -2.57. The number of rotatable bonds is 5. The van der Waals surface area contributed by atoms with Crippen molar-refractivity contribution in [1.82, 2.24) is 15.0 Å². The molecular formula is C22H22ClFN4O. The van der Waals surface area contributed by atoms with Crippen LogP contribution in [0.4, 0.5) is 10.1 Å². The third-order valence-electron chi connectivity index (χ3n) is 5.35. The van der Waals surface area contributed by atoms with Crippen LogP contribution in [-0.2, 0) is 5.60 Å². The highest BCUT2D eigenvalue weighted by molar-refractivity contribution is 6.34. The van der Waals surface area contributed by atoms with Gasteiger partial charge in [-0.25, -0.2) is 14.4 Å². The molecule has 0 atom stereocenters. The maximum atomic E-state index is 14.8. The van der Waals surface area contributed by atoms with Gasteiger partial charge in [0.05, 0.1) is 21.8 Å². The molecule has 2 heterocycles. The van der Waals surface area contributed by atoms with Crippen LogP contribution in [-0.4, -0.2) is 25.6 Å². The van der Waals surface area contributed by atoms with Gasteiger partial charge in [-0.3, -0.25) is 4.98 Å². The van der Waals surface area contributed by atoms with E-state index >= 15 is 0 Å². The van der Waals surface area contributed by atoms with E-state index < -0.39 is 11.4 Å². The predicted molar refractivity (Wildman–Crippen MR) is 113 cm³/mol. The van der Waals surface area contributed by atoms with Gasteiger partial charge in [0.1, 0.15) is 11.4 Å². The second kappa shape index (κ2) is 6.75. The van der Waals surface area contributed by atoms with E-state index in [-0.39, 0.29) is 11.4 Å². The van der Waals surface area contributed by atoms with Gasteiger partial charge in [-0.2, -0.15) is 0 Å². The van der Waals surface area contributed by atoms with Crippen molar-refractivity contribution < 1.29 is 9.50 Å². The first kappa shape index (κ1) is 19.7. The fourth-order valence-electron chi connectivity index (χ4n) is 3.34. The van der Waals surface area contributed by atoms with Crippen LogP contribution in [0.15, 0.2) is 42.9 Å². The summed E-state index contributed by atoms with van der Waals surface area (Å²) in [6.07, 6.45) is 6.49. The number of anilines is 1. The molecule has 2 aromatic heterocycles. The van der Waals surface area contributed by atoms with E-state index in [1.807, 2.05) is 6.92 Å². The van der Waals surface area contributed by atoms with Crippen molar-refractivity contribution in [2.45, 2.75) is 44.8 Å². The zero-order valence-electron chi connectivity index (χ0n) is 16.6. The average Bonchev–Trinajstić information content (AvgIpc) is 3.44. The summed E-state index contributed by atoms with van der Waals surface area (Å²) in [6, 6.07) is 3.10. The molecule has 0 unspecified atom stereocenters. The first-order valence-corrected chi connectivity index (χ1v) is 9.76. The molecule has 3 aromatic rings. The van der Waals surface area contributed by atoms with E-state index in [4.69, 9.17) is 11.6 Å². The lowest BCUT2D eigenvalue weighted by molar-refractivity contribution is 0.0687. The molecule has 150 valence electrons. The van der Waals surface area contributed by atoms with Gasteiger partial charge in [-0.05, 0) is 39.7 Å². The van der Waals surface area contributed by atoms with Gasteiger partial charge in [0.2, 0.25) is 0 Å². The van der Waals surface area contributed by atoms with Crippen LogP contribution in [0.25, 0.3) is 22.0 Å². The summed E-state index contributed by atoms with van der Waals surface area (Å²) in [5.41, 5.74) is 1.75. The molecule has 0 saturated heterocycles. The van der Waals surface area contributed by atoms with Crippen LogP contribution in [0.5, 0.6) is 0 Å². The largest absolute Gasteiger partial charge is 0.382 e. The van der Waals surface area contributed by atoms with E-state index in [0.29, 0.717) is 32.7 Å². The summed E-state index contributed by atoms with van der Waals surface area (Å²) >= 11 is 6.45. The smallest absolute Gasteiger partial charge is 0.159 e. The molecular weight excluding hydrogens is 391 g/mol. The fraction of sp³-hybridized carbons (Fsp3) is 0.318. The zero-order valence-corrected chi connectivity index (χ0v) is 17.3. The minimum Gasteiger partial charge on any atom is -0.382 e. The molecule has 0 aliphatic heterocycles. The van der Waals surface area contributed by atoms with E-state index in [1.165, 1.54) is 24.7 Å². The van der Waals surface area contributed by atoms with E-state index in [1.54, 1.807) is 19.9 Å². The van der Waals surface area contributed by atoms with Crippen molar-refractivity contribution in [2.24, 2.45) is 0 Å². The topological polar surface area (TPSA) is 70.9 Å². The van der Waals surface area contributed by atoms with Crippen molar-refractivity contribution in [3.63, 3.8) is 0 Å². The molecule has 5 nitrogen and oxygen atoms in total. The molecule has 0 bridgehead atoms. The standard InChI is InChI=1S/C22H22ClFN4O/c1-12(2)22(5-6-22)28-19-15-7-14(17(24)8-18(15)25-11-16(19)23)13-9-26-20(27-10-13)21(3,4)29/h7-11,29H,1,5-6H2,2-4H3,(H,25,28). The van der Waals surface area contributed by atoms with E-state index in [2.05, 4.69) is 26.8 Å². The SMILES string of the molecule is C=C(C)C1(Nc2c(Cl)cnc3cc(F)c(-c4cnc(C(C)(C)O)nc4)cc23)CC1. The maximum absolute atomic E-state index is 14.8. The molecule has 7 heteroatoms. The minimum absolute atomic E-state index is 0.177. The molecule has 1 fully saturated rings. The Morgan fingerprint density at radius 3 is 2.41 bits per heavy atom. The molecule has 0 radical (unpaired) electrons. The van der Waals surface area contributed by atoms with E-state index in [9.17, 15) is 9.50 Å². The Morgan fingerprint density at radius 2 is 1.86 bits per heavy atom. The summed E-state index contributed by atoms with van der Waals surface area (Å²) in [7, 11) is 0. The van der Waals surface area contributed by atoms with Crippen LogP contribution in [0.1, 0.15) is 39.4 Å². The summed E-state index contributed by atoms with van der Waals surface area (Å²) in [4.78, 5) is 12.6. The van der Waals surface area contributed by atoms with Crippen molar-refractivity contribution in [3.05, 3.63) is 59.5 Å². The lowest BCUT2D eigenvalue weighted by Gasteiger charge is -2.21. The summed E-state index contributed by atoms with van der Waals surface area (Å²) in [5, 5.41) is 14.7. The number of pyridine rings is 1. The fourth-order valence-corrected chi connectivity index (χ4v) is 3.54. The molecule has 0 amide bonds. The minimum atomic E-state index is -1.17. The maximum Gasteiger partial charge on any atom is 0.159 e. The highest BCUT2D eigenvalue weighted by Crippen LogP contribution is 2.47. The first-order valence-electron chi connectivity index (χ1n) is 9.38. The van der Waals surface area contributed by atoms with Crippen molar-refractivity contribution in [3.8, 4) is 11.1 Å². The van der Waals surface area contributed by atoms with Crippen LogP contribution in [0, 0.1) is 5.82 Å². The van der Waals surface area contributed by atoms with E-state index in [0.717, 1.165) is 18.4 Å².